The molecule has 3 rings (SSSR count). The molecule has 0 bridgehead atoms. The molecule has 0 spiro atoms. The van der Waals surface area contributed by atoms with Crippen molar-refractivity contribution in [1.29, 1.82) is 0 Å². The van der Waals surface area contributed by atoms with Crippen molar-refractivity contribution in [2.24, 2.45) is 0 Å². The highest BCUT2D eigenvalue weighted by molar-refractivity contribution is 7.80. The number of anilines is 1. The maximum absolute atomic E-state index is 12.4. The SMILES string of the molecule is Cc1ccc(N2C(=O)/C(=C\c3ccsc3)NC2=S)cc1. The molecular formula is C15H12N2OS2. The van der Waals surface area contributed by atoms with Crippen LogP contribution in [0, 0.1) is 6.92 Å². The highest BCUT2D eigenvalue weighted by Gasteiger charge is 2.31. The van der Waals surface area contributed by atoms with Gasteiger partial charge in [-0.15, -0.1) is 0 Å². The predicted octanol–water partition coefficient (Wildman–Crippen LogP) is 3.32. The molecule has 0 saturated carbocycles. The van der Waals surface area contributed by atoms with Crippen LogP contribution in [0.5, 0.6) is 0 Å². The van der Waals surface area contributed by atoms with Crippen molar-refractivity contribution in [1.82, 2.24) is 5.32 Å². The van der Waals surface area contributed by atoms with Gasteiger partial charge >= 0.3 is 0 Å². The van der Waals surface area contributed by atoms with E-state index in [1.165, 1.54) is 4.90 Å². The monoisotopic (exact) mass is 300 g/mol. The van der Waals surface area contributed by atoms with Crippen LogP contribution in [0.15, 0.2) is 46.8 Å². The van der Waals surface area contributed by atoms with Crippen molar-refractivity contribution in [2.45, 2.75) is 6.92 Å². The van der Waals surface area contributed by atoms with Gasteiger partial charge in [0.2, 0.25) is 0 Å². The minimum absolute atomic E-state index is 0.120. The van der Waals surface area contributed by atoms with E-state index in [1.807, 2.05) is 54.1 Å². The third-order valence-corrected chi connectivity index (χ3v) is 4.01. The zero-order chi connectivity index (χ0) is 14.1. The Labute approximate surface area is 126 Å². The van der Waals surface area contributed by atoms with Crippen molar-refractivity contribution in [3.63, 3.8) is 0 Å². The van der Waals surface area contributed by atoms with Crippen LogP contribution >= 0.6 is 23.6 Å². The minimum Gasteiger partial charge on any atom is -0.327 e. The molecule has 3 nitrogen and oxygen atoms in total. The van der Waals surface area contributed by atoms with E-state index in [9.17, 15) is 4.79 Å². The number of thiocarbonyl (C=S) groups is 1. The first-order valence-corrected chi connectivity index (χ1v) is 7.46. The summed E-state index contributed by atoms with van der Waals surface area (Å²) >= 11 is 6.85. The van der Waals surface area contributed by atoms with E-state index in [1.54, 1.807) is 11.3 Å². The van der Waals surface area contributed by atoms with Gasteiger partial charge in [-0.05, 0) is 59.7 Å². The first kappa shape index (κ1) is 13.0. The maximum atomic E-state index is 12.4. The normalized spacial score (nSPS) is 16.9. The first-order valence-electron chi connectivity index (χ1n) is 6.11. The van der Waals surface area contributed by atoms with Crippen LogP contribution in [0.3, 0.4) is 0 Å². The number of aryl methyl sites for hydroxylation is 1. The number of carbonyl (C=O) groups excluding carboxylic acids is 1. The Morgan fingerprint density at radius 2 is 2.00 bits per heavy atom. The van der Waals surface area contributed by atoms with Gasteiger partial charge < -0.3 is 5.32 Å². The van der Waals surface area contributed by atoms with Crippen LogP contribution in [0.4, 0.5) is 5.69 Å². The highest BCUT2D eigenvalue weighted by Crippen LogP contribution is 2.23. The number of rotatable bonds is 2. The van der Waals surface area contributed by atoms with Crippen molar-refractivity contribution in [2.75, 3.05) is 4.90 Å². The summed E-state index contributed by atoms with van der Waals surface area (Å²) in [6, 6.07) is 9.69. The summed E-state index contributed by atoms with van der Waals surface area (Å²) in [6.07, 6.45) is 1.82. The summed E-state index contributed by atoms with van der Waals surface area (Å²) in [6.45, 7) is 2.01. The number of amides is 1. The topological polar surface area (TPSA) is 32.3 Å². The van der Waals surface area contributed by atoms with Gasteiger partial charge in [0.15, 0.2) is 5.11 Å². The molecule has 1 aliphatic rings. The van der Waals surface area contributed by atoms with E-state index in [-0.39, 0.29) is 5.91 Å². The molecule has 2 aromatic rings. The van der Waals surface area contributed by atoms with Gasteiger partial charge in [-0.1, -0.05) is 17.7 Å². The molecule has 20 heavy (non-hydrogen) atoms. The smallest absolute Gasteiger partial charge is 0.281 e. The van der Waals surface area contributed by atoms with Crippen LogP contribution in [0.2, 0.25) is 0 Å². The number of hydrogen-bond acceptors (Lipinski definition) is 3. The first-order chi connectivity index (χ1) is 9.65. The standard InChI is InChI=1S/C15H12N2OS2/c1-10-2-4-12(5-3-10)17-14(18)13(16-15(17)19)8-11-6-7-20-9-11/h2-9H,1H3,(H,16,19)/b13-8+. The molecule has 1 aromatic carbocycles. The molecule has 1 amide bonds. The van der Waals surface area contributed by atoms with Crippen LogP contribution in [0.1, 0.15) is 11.1 Å². The predicted molar refractivity (Wildman–Crippen MR) is 86.7 cm³/mol. The Bertz CT molecular complexity index is 687. The molecule has 1 aromatic heterocycles. The number of nitrogens with zero attached hydrogens (tertiary/aromatic N) is 1. The average Bonchev–Trinajstić information content (AvgIpc) is 3.02. The zero-order valence-electron chi connectivity index (χ0n) is 10.8. The third-order valence-electron chi connectivity index (χ3n) is 3.02. The lowest BCUT2D eigenvalue weighted by atomic mass is 10.2. The Balaban J connectivity index is 1.93. The number of nitrogens with one attached hydrogen (secondary N) is 1. The summed E-state index contributed by atoms with van der Waals surface area (Å²) in [5.41, 5.74) is 3.44. The second kappa shape index (κ2) is 5.19. The Morgan fingerprint density at radius 1 is 1.25 bits per heavy atom. The lowest BCUT2D eigenvalue weighted by Gasteiger charge is -2.13. The van der Waals surface area contributed by atoms with E-state index >= 15 is 0 Å². The van der Waals surface area contributed by atoms with Gasteiger partial charge in [0.25, 0.3) is 5.91 Å². The summed E-state index contributed by atoms with van der Waals surface area (Å²) in [7, 11) is 0. The number of carbonyl (C=O) groups is 1. The molecule has 1 N–H and O–H groups in total. The molecule has 100 valence electrons. The largest absolute Gasteiger partial charge is 0.327 e. The van der Waals surface area contributed by atoms with Gasteiger partial charge in [-0.2, -0.15) is 11.3 Å². The molecule has 1 fully saturated rings. The number of thiophene rings is 1. The summed E-state index contributed by atoms with van der Waals surface area (Å²) in [4.78, 5) is 14.0. The van der Waals surface area contributed by atoms with Crippen molar-refractivity contribution in [3.05, 3.63) is 57.9 Å². The minimum atomic E-state index is -0.120. The molecule has 0 radical (unpaired) electrons. The van der Waals surface area contributed by atoms with Gasteiger partial charge in [0.05, 0.1) is 5.69 Å². The van der Waals surface area contributed by atoms with Crippen LogP contribution in [-0.2, 0) is 4.79 Å². The summed E-state index contributed by atoms with van der Waals surface area (Å²) in [5.74, 6) is -0.120. The van der Waals surface area contributed by atoms with Gasteiger partial charge in [-0.25, -0.2) is 0 Å². The summed E-state index contributed by atoms with van der Waals surface area (Å²) in [5, 5.41) is 7.36. The quantitative estimate of drug-likeness (QED) is 0.682. The Hall–Kier alpha value is -1.98. The van der Waals surface area contributed by atoms with Crippen LogP contribution in [-0.4, -0.2) is 11.0 Å². The maximum Gasteiger partial charge on any atom is 0.281 e. The van der Waals surface area contributed by atoms with Crippen molar-refractivity contribution >= 4 is 46.3 Å². The van der Waals surface area contributed by atoms with Gasteiger partial charge in [0.1, 0.15) is 5.70 Å². The molecule has 1 aliphatic heterocycles. The molecule has 0 unspecified atom stereocenters. The van der Waals surface area contributed by atoms with Gasteiger partial charge in [-0.3, -0.25) is 9.69 Å². The second-order valence-corrected chi connectivity index (χ2v) is 5.69. The van der Waals surface area contributed by atoms with Crippen molar-refractivity contribution < 1.29 is 4.79 Å². The van der Waals surface area contributed by atoms with Crippen LogP contribution in [0.25, 0.3) is 6.08 Å². The van der Waals surface area contributed by atoms with Crippen LogP contribution < -0.4 is 10.2 Å². The fraction of sp³-hybridized carbons (Fsp3) is 0.0667. The molecule has 0 aliphatic carbocycles. The Kier molecular flexibility index (Phi) is 3.38. The van der Waals surface area contributed by atoms with E-state index in [4.69, 9.17) is 12.2 Å². The van der Waals surface area contributed by atoms with E-state index in [2.05, 4.69) is 5.32 Å². The van der Waals surface area contributed by atoms with E-state index in [0.29, 0.717) is 10.8 Å². The number of benzene rings is 1. The van der Waals surface area contributed by atoms with Gasteiger partial charge in [0, 0.05) is 0 Å². The molecule has 5 heteroatoms. The Morgan fingerprint density at radius 3 is 2.65 bits per heavy atom. The molecular weight excluding hydrogens is 288 g/mol. The summed E-state index contributed by atoms with van der Waals surface area (Å²) < 4.78 is 0. The van der Waals surface area contributed by atoms with E-state index < -0.39 is 0 Å². The van der Waals surface area contributed by atoms with E-state index in [0.717, 1.165) is 16.8 Å². The fourth-order valence-corrected chi connectivity index (χ4v) is 2.90. The zero-order valence-corrected chi connectivity index (χ0v) is 12.4. The highest BCUT2D eigenvalue weighted by atomic mass is 32.1. The number of hydrogen-bond donors (Lipinski definition) is 1. The third kappa shape index (κ3) is 2.37. The molecule has 2 heterocycles. The lowest BCUT2D eigenvalue weighted by Crippen LogP contribution is -2.30. The molecule has 0 atom stereocenters. The molecule has 1 saturated heterocycles. The van der Waals surface area contributed by atoms with Crippen molar-refractivity contribution in [3.8, 4) is 0 Å². The lowest BCUT2D eigenvalue weighted by molar-refractivity contribution is -0.113. The fourth-order valence-electron chi connectivity index (χ4n) is 1.99. The average molecular weight is 300 g/mol. The second-order valence-electron chi connectivity index (χ2n) is 4.52.